The molecule has 6 nitrogen and oxygen atoms in total. The molecule has 0 fully saturated rings. The minimum absolute atomic E-state index is 0.129. The number of amides is 1. The Hall–Kier alpha value is -4.20. The normalized spacial score (nSPS) is 11.4. The van der Waals surface area contributed by atoms with E-state index in [1.54, 1.807) is 0 Å². The number of hydrazone groups is 1. The Kier molecular flexibility index (Phi) is 7.97. The molecule has 0 bridgehead atoms. The van der Waals surface area contributed by atoms with Gasteiger partial charge in [-0.3, -0.25) is 9.36 Å². The van der Waals surface area contributed by atoms with Crippen molar-refractivity contribution in [3.05, 3.63) is 120 Å². The Morgan fingerprint density at radius 2 is 1.42 bits per heavy atom. The summed E-state index contributed by atoms with van der Waals surface area (Å²) in [5, 5.41) is 14.3. The summed E-state index contributed by atoms with van der Waals surface area (Å²) >= 11 is 7.39. The molecule has 1 amide bonds. The van der Waals surface area contributed by atoms with Crippen LogP contribution in [0.4, 0.5) is 0 Å². The number of carbonyl (C=O) groups excluding carboxylic acids is 1. The smallest absolute Gasteiger partial charge is 0.250 e. The van der Waals surface area contributed by atoms with Crippen LogP contribution in [-0.4, -0.2) is 32.1 Å². The molecule has 4 aromatic carbocycles. The van der Waals surface area contributed by atoms with E-state index in [0.29, 0.717) is 16.0 Å². The van der Waals surface area contributed by atoms with Gasteiger partial charge in [0.15, 0.2) is 11.0 Å². The van der Waals surface area contributed by atoms with Gasteiger partial charge >= 0.3 is 0 Å². The fourth-order valence-corrected chi connectivity index (χ4v) is 4.74. The number of hydrogen-bond donors (Lipinski definition) is 1. The van der Waals surface area contributed by atoms with Crippen molar-refractivity contribution < 1.29 is 4.79 Å². The van der Waals surface area contributed by atoms with Crippen LogP contribution in [0.25, 0.3) is 28.2 Å². The number of aromatic nitrogens is 3. The molecule has 5 aromatic rings. The van der Waals surface area contributed by atoms with Crippen LogP contribution in [0.15, 0.2) is 119 Å². The monoisotopic (exact) mass is 537 g/mol. The van der Waals surface area contributed by atoms with Crippen molar-refractivity contribution in [2.24, 2.45) is 5.10 Å². The summed E-state index contributed by atoms with van der Waals surface area (Å²) < 4.78 is 1.92. The summed E-state index contributed by atoms with van der Waals surface area (Å²) in [6.07, 6.45) is 0. The van der Waals surface area contributed by atoms with Gasteiger partial charge in [0.2, 0.25) is 0 Å². The lowest BCUT2D eigenvalue weighted by Gasteiger charge is -2.10. The number of halogens is 1. The molecule has 0 radical (unpaired) electrons. The summed E-state index contributed by atoms with van der Waals surface area (Å²) in [7, 11) is 0. The number of carbonyl (C=O) groups is 1. The Bertz CT molecular complexity index is 1550. The summed E-state index contributed by atoms with van der Waals surface area (Å²) in [6.45, 7) is 1.87. The molecule has 1 heterocycles. The molecule has 0 atom stereocenters. The van der Waals surface area contributed by atoms with Gasteiger partial charge in [-0.25, -0.2) is 5.43 Å². The third-order valence-electron chi connectivity index (χ3n) is 5.84. The van der Waals surface area contributed by atoms with Crippen LogP contribution in [0.3, 0.4) is 0 Å². The van der Waals surface area contributed by atoms with Gasteiger partial charge in [-0.05, 0) is 47.9 Å². The number of thioether (sulfide) groups is 1. The fourth-order valence-electron chi connectivity index (χ4n) is 3.87. The van der Waals surface area contributed by atoms with E-state index >= 15 is 0 Å². The average Bonchev–Trinajstić information content (AvgIpc) is 3.40. The first kappa shape index (κ1) is 25.4. The zero-order valence-electron chi connectivity index (χ0n) is 20.6. The van der Waals surface area contributed by atoms with E-state index in [0.717, 1.165) is 33.7 Å². The molecule has 5 rings (SSSR count). The topological polar surface area (TPSA) is 72.2 Å². The molecule has 0 spiro atoms. The maximum absolute atomic E-state index is 12.6. The quantitative estimate of drug-likeness (QED) is 0.133. The maximum Gasteiger partial charge on any atom is 0.250 e. The number of nitrogens with one attached hydrogen (secondary N) is 1. The lowest BCUT2D eigenvalue weighted by atomic mass is 10.0. The first-order valence-electron chi connectivity index (χ1n) is 12.0. The molecular formula is C30H24ClN5OS. The second-order valence-electron chi connectivity index (χ2n) is 8.45. The predicted octanol–water partition coefficient (Wildman–Crippen LogP) is 6.89. The fraction of sp³-hybridized carbons (Fsp3) is 0.0667. The van der Waals surface area contributed by atoms with Gasteiger partial charge < -0.3 is 0 Å². The standard InChI is InChI=1S/C30H24ClN5OS/c1-21(22-12-14-24(15-13-22)23-8-4-2-5-9-23)32-33-28(37)20-38-30-35-34-29(25-10-6-3-7-11-25)36(30)27-18-16-26(31)17-19-27/h2-19H,20H2,1H3,(H,33,37). The predicted molar refractivity (Wildman–Crippen MR) is 155 cm³/mol. The molecule has 0 saturated heterocycles. The molecule has 0 aliphatic carbocycles. The van der Waals surface area contributed by atoms with Crippen LogP contribution in [0.2, 0.25) is 5.02 Å². The van der Waals surface area contributed by atoms with E-state index in [2.05, 4.69) is 45.0 Å². The zero-order valence-corrected chi connectivity index (χ0v) is 22.2. The van der Waals surface area contributed by atoms with Crippen molar-refractivity contribution in [3.63, 3.8) is 0 Å². The largest absolute Gasteiger partial charge is 0.272 e. The van der Waals surface area contributed by atoms with Crippen molar-refractivity contribution in [1.82, 2.24) is 20.2 Å². The van der Waals surface area contributed by atoms with Gasteiger partial charge in [-0.15, -0.1) is 10.2 Å². The van der Waals surface area contributed by atoms with Crippen LogP contribution >= 0.6 is 23.4 Å². The van der Waals surface area contributed by atoms with Crippen molar-refractivity contribution in [3.8, 4) is 28.2 Å². The number of rotatable bonds is 8. The van der Waals surface area contributed by atoms with Crippen LogP contribution < -0.4 is 5.43 Å². The average molecular weight is 538 g/mol. The minimum atomic E-state index is -0.234. The van der Waals surface area contributed by atoms with E-state index in [-0.39, 0.29) is 11.7 Å². The molecule has 0 unspecified atom stereocenters. The Morgan fingerprint density at radius 3 is 2.08 bits per heavy atom. The molecule has 0 aliphatic heterocycles. The lowest BCUT2D eigenvalue weighted by Crippen LogP contribution is -2.21. The molecule has 0 aliphatic rings. The van der Waals surface area contributed by atoms with Gasteiger partial charge in [0.05, 0.1) is 11.5 Å². The van der Waals surface area contributed by atoms with Crippen LogP contribution in [-0.2, 0) is 4.79 Å². The summed E-state index contributed by atoms with van der Waals surface area (Å²) in [5.74, 6) is 0.579. The number of hydrogen-bond acceptors (Lipinski definition) is 5. The molecule has 1 N–H and O–H groups in total. The van der Waals surface area contributed by atoms with E-state index < -0.39 is 0 Å². The highest BCUT2D eigenvalue weighted by atomic mass is 35.5. The molecule has 38 heavy (non-hydrogen) atoms. The first-order chi connectivity index (χ1) is 18.6. The highest BCUT2D eigenvalue weighted by Crippen LogP contribution is 2.28. The van der Waals surface area contributed by atoms with E-state index in [4.69, 9.17) is 11.6 Å². The zero-order chi connectivity index (χ0) is 26.3. The lowest BCUT2D eigenvalue weighted by molar-refractivity contribution is -0.118. The Balaban J connectivity index is 1.27. The summed E-state index contributed by atoms with van der Waals surface area (Å²) in [5.41, 5.74) is 8.37. The minimum Gasteiger partial charge on any atom is -0.272 e. The molecule has 8 heteroatoms. The Morgan fingerprint density at radius 1 is 0.816 bits per heavy atom. The highest BCUT2D eigenvalue weighted by molar-refractivity contribution is 7.99. The molecule has 0 saturated carbocycles. The number of benzene rings is 4. The Labute approximate surface area is 230 Å². The van der Waals surface area contributed by atoms with Crippen LogP contribution in [0, 0.1) is 0 Å². The van der Waals surface area contributed by atoms with Gasteiger partial charge in [0, 0.05) is 16.3 Å². The van der Waals surface area contributed by atoms with Crippen LogP contribution in [0.5, 0.6) is 0 Å². The van der Waals surface area contributed by atoms with Gasteiger partial charge in [0.25, 0.3) is 5.91 Å². The van der Waals surface area contributed by atoms with E-state index in [1.165, 1.54) is 11.8 Å². The van der Waals surface area contributed by atoms with Gasteiger partial charge in [0.1, 0.15) is 0 Å². The van der Waals surface area contributed by atoms with E-state index in [1.807, 2.05) is 96.4 Å². The van der Waals surface area contributed by atoms with E-state index in [9.17, 15) is 4.79 Å². The third-order valence-corrected chi connectivity index (χ3v) is 7.02. The number of nitrogens with zero attached hydrogens (tertiary/aromatic N) is 4. The van der Waals surface area contributed by atoms with Gasteiger partial charge in [-0.2, -0.15) is 5.10 Å². The van der Waals surface area contributed by atoms with Crippen molar-refractivity contribution >= 4 is 35.0 Å². The van der Waals surface area contributed by atoms with Crippen molar-refractivity contribution in [2.75, 3.05) is 5.75 Å². The first-order valence-corrected chi connectivity index (χ1v) is 13.3. The third kappa shape index (κ3) is 6.02. The van der Waals surface area contributed by atoms with Gasteiger partial charge in [-0.1, -0.05) is 108 Å². The molecule has 1 aromatic heterocycles. The van der Waals surface area contributed by atoms with Crippen molar-refractivity contribution in [2.45, 2.75) is 12.1 Å². The molecule has 188 valence electrons. The molecular weight excluding hydrogens is 514 g/mol. The maximum atomic E-state index is 12.6. The summed E-state index contributed by atoms with van der Waals surface area (Å²) in [6, 6.07) is 35.5. The van der Waals surface area contributed by atoms with Crippen LogP contribution in [0.1, 0.15) is 12.5 Å². The highest BCUT2D eigenvalue weighted by Gasteiger charge is 2.17. The second kappa shape index (κ2) is 11.9. The second-order valence-corrected chi connectivity index (χ2v) is 9.83. The summed E-state index contributed by atoms with van der Waals surface area (Å²) in [4.78, 5) is 12.6. The SMILES string of the molecule is CC(=NNC(=O)CSc1nnc(-c2ccccc2)n1-c1ccc(Cl)cc1)c1ccc(-c2ccccc2)cc1. The van der Waals surface area contributed by atoms with Crippen molar-refractivity contribution in [1.29, 1.82) is 0 Å².